The fourth-order valence-corrected chi connectivity index (χ4v) is 5.11. The second-order valence-electron chi connectivity index (χ2n) is 8.42. The molecule has 2 aliphatic carbocycles. The van der Waals surface area contributed by atoms with Crippen LogP contribution in [0.3, 0.4) is 0 Å². The quantitative estimate of drug-likeness (QED) is 0.578. The van der Waals surface area contributed by atoms with E-state index in [-0.39, 0.29) is 0 Å². The maximum atomic E-state index is 5.16. The number of hydrogen-bond donors (Lipinski definition) is 2. The van der Waals surface area contributed by atoms with Crippen LogP contribution in [0.2, 0.25) is 0 Å². The highest BCUT2D eigenvalue weighted by atomic mass is 16.5. The van der Waals surface area contributed by atoms with Gasteiger partial charge in [-0.1, -0.05) is 24.3 Å². The molecule has 0 bridgehead atoms. The van der Waals surface area contributed by atoms with Gasteiger partial charge in [0.2, 0.25) is 0 Å². The number of aromatic nitrogens is 3. The monoisotopic (exact) mass is 394 g/mol. The first-order chi connectivity index (χ1) is 14.3. The molecule has 0 saturated heterocycles. The van der Waals surface area contributed by atoms with Crippen molar-refractivity contribution < 1.29 is 4.74 Å². The van der Waals surface area contributed by atoms with Gasteiger partial charge >= 0.3 is 0 Å². The Hall–Kier alpha value is -2.41. The number of benzene rings is 1. The summed E-state index contributed by atoms with van der Waals surface area (Å²) in [6.45, 7) is 5.17. The van der Waals surface area contributed by atoms with Crippen LogP contribution in [0, 0.1) is 11.8 Å². The Balaban J connectivity index is 1.20. The summed E-state index contributed by atoms with van der Waals surface area (Å²) < 4.78 is 7.17. The second-order valence-corrected chi connectivity index (χ2v) is 8.42. The largest absolute Gasteiger partial charge is 0.377 e. The Morgan fingerprint density at radius 2 is 2.24 bits per heavy atom. The van der Waals surface area contributed by atoms with Gasteiger partial charge in [-0.05, 0) is 48.6 Å². The van der Waals surface area contributed by atoms with Crippen molar-refractivity contribution in [3.63, 3.8) is 0 Å². The number of fused-ring (bicyclic) bond motifs is 4. The van der Waals surface area contributed by atoms with Crippen molar-refractivity contribution in [2.75, 3.05) is 20.2 Å². The normalized spacial score (nSPS) is 27.2. The zero-order valence-corrected chi connectivity index (χ0v) is 17.3. The molecule has 1 saturated carbocycles. The fraction of sp³-hybridized carbons (Fsp3) is 0.591. The van der Waals surface area contributed by atoms with E-state index in [9.17, 15) is 0 Å². The maximum Gasteiger partial charge on any atom is 0.191 e. The standard InChI is InChI=1S/C22H30N6O/c1-3-23-22(24-11-18-17-10-14-6-4-5-7-16(14)21(17)18)25-15-8-9-20-26-19(13-29-2)27-28(20)12-15/h4-7,15,17-18,21H,3,8-13H2,1-2H3,(H2,23,24,25). The summed E-state index contributed by atoms with van der Waals surface area (Å²) in [5.41, 5.74) is 3.11. The predicted octanol–water partition coefficient (Wildman–Crippen LogP) is 1.88. The lowest BCUT2D eigenvalue weighted by molar-refractivity contribution is 0.177. The van der Waals surface area contributed by atoms with Gasteiger partial charge in [-0.25, -0.2) is 9.67 Å². The van der Waals surface area contributed by atoms with E-state index in [0.29, 0.717) is 18.6 Å². The van der Waals surface area contributed by atoms with Crippen LogP contribution in [0.4, 0.5) is 0 Å². The average molecular weight is 395 g/mol. The number of nitrogens with one attached hydrogen (secondary N) is 2. The molecule has 1 aromatic carbocycles. The lowest BCUT2D eigenvalue weighted by Crippen LogP contribution is -2.47. The summed E-state index contributed by atoms with van der Waals surface area (Å²) in [6, 6.07) is 9.24. The van der Waals surface area contributed by atoms with Crippen LogP contribution in [0.15, 0.2) is 29.3 Å². The molecule has 0 spiro atoms. The van der Waals surface area contributed by atoms with E-state index in [1.165, 1.54) is 6.42 Å². The third kappa shape index (κ3) is 3.64. The van der Waals surface area contributed by atoms with Gasteiger partial charge in [-0.15, -0.1) is 0 Å². The Kier molecular flexibility index (Phi) is 4.99. The Labute approximate surface area is 172 Å². The summed E-state index contributed by atoms with van der Waals surface area (Å²) in [5.74, 6) is 4.97. The van der Waals surface area contributed by atoms with Crippen LogP contribution in [0.25, 0.3) is 0 Å². The molecule has 4 unspecified atom stereocenters. The van der Waals surface area contributed by atoms with Crippen molar-refractivity contribution in [2.45, 2.75) is 51.3 Å². The number of methoxy groups -OCH3 is 1. The summed E-state index contributed by atoms with van der Waals surface area (Å²) in [7, 11) is 1.68. The first kappa shape index (κ1) is 18.6. The molecule has 2 aromatic rings. The third-order valence-electron chi connectivity index (χ3n) is 6.52. The van der Waals surface area contributed by atoms with Crippen LogP contribution in [0.1, 0.15) is 42.0 Å². The van der Waals surface area contributed by atoms with Crippen LogP contribution in [-0.4, -0.2) is 47.0 Å². The SMILES string of the molecule is CCNC(=NCC1C2Cc3ccccc3C12)NC1CCc2nc(COC)nn2C1. The molecule has 4 atom stereocenters. The van der Waals surface area contributed by atoms with E-state index in [0.717, 1.165) is 61.9 Å². The minimum atomic E-state index is 0.317. The van der Waals surface area contributed by atoms with E-state index in [4.69, 9.17) is 9.73 Å². The van der Waals surface area contributed by atoms with Gasteiger partial charge in [0.1, 0.15) is 12.4 Å². The second kappa shape index (κ2) is 7.78. The Morgan fingerprint density at radius 3 is 3.10 bits per heavy atom. The lowest BCUT2D eigenvalue weighted by atomic mass is 10.0. The lowest BCUT2D eigenvalue weighted by Gasteiger charge is -2.25. The molecule has 1 fully saturated rings. The molecule has 2 N–H and O–H groups in total. The van der Waals surface area contributed by atoms with Crippen molar-refractivity contribution in [3.05, 3.63) is 47.0 Å². The minimum Gasteiger partial charge on any atom is -0.377 e. The smallest absolute Gasteiger partial charge is 0.191 e. The fourth-order valence-electron chi connectivity index (χ4n) is 5.11. The van der Waals surface area contributed by atoms with E-state index in [1.54, 1.807) is 18.2 Å². The zero-order chi connectivity index (χ0) is 19.8. The number of ether oxygens (including phenoxy) is 1. The highest BCUT2D eigenvalue weighted by Crippen LogP contribution is 2.61. The minimum absolute atomic E-state index is 0.317. The van der Waals surface area contributed by atoms with Gasteiger partial charge in [0, 0.05) is 32.7 Å². The molecule has 1 aliphatic heterocycles. The van der Waals surface area contributed by atoms with E-state index in [1.807, 2.05) is 4.68 Å². The molecule has 0 radical (unpaired) electrons. The molecule has 7 nitrogen and oxygen atoms in total. The molecule has 0 amide bonds. The molecular formula is C22H30N6O. The first-order valence-corrected chi connectivity index (χ1v) is 10.8. The average Bonchev–Trinajstić information content (AvgIpc) is 3.06. The van der Waals surface area contributed by atoms with Crippen molar-refractivity contribution in [1.29, 1.82) is 0 Å². The van der Waals surface area contributed by atoms with Gasteiger partial charge in [0.05, 0.1) is 6.54 Å². The van der Waals surface area contributed by atoms with Crippen LogP contribution in [-0.2, 0) is 30.7 Å². The number of guanidine groups is 1. The number of rotatable bonds is 6. The summed E-state index contributed by atoms with van der Waals surface area (Å²) in [4.78, 5) is 9.51. The third-order valence-corrected chi connectivity index (χ3v) is 6.52. The van der Waals surface area contributed by atoms with E-state index < -0.39 is 0 Å². The van der Waals surface area contributed by atoms with Gasteiger partial charge in [-0.2, -0.15) is 5.10 Å². The Bertz CT molecular complexity index is 906. The van der Waals surface area contributed by atoms with Gasteiger partial charge in [-0.3, -0.25) is 4.99 Å². The van der Waals surface area contributed by atoms with Crippen molar-refractivity contribution >= 4 is 5.96 Å². The first-order valence-electron chi connectivity index (χ1n) is 10.8. The molecular weight excluding hydrogens is 364 g/mol. The van der Waals surface area contributed by atoms with Crippen LogP contribution < -0.4 is 10.6 Å². The zero-order valence-electron chi connectivity index (χ0n) is 17.3. The number of aryl methyl sites for hydroxylation is 1. The summed E-state index contributed by atoms with van der Waals surface area (Å²) in [5, 5.41) is 11.6. The van der Waals surface area contributed by atoms with Gasteiger partial charge < -0.3 is 15.4 Å². The molecule has 1 aromatic heterocycles. The summed E-state index contributed by atoms with van der Waals surface area (Å²) >= 11 is 0. The molecule has 3 aliphatic rings. The molecule has 154 valence electrons. The number of hydrogen-bond acceptors (Lipinski definition) is 4. The molecule has 2 heterocycles. The number of aliphatic imine (C=N–C) groups is 1. The van der Waals surface area contributed by atoms with Crippen molar-refractivity contribution in [1.82, 2.24) is 25.4 Å². The maximum absolute atomic E-state index is 5.16. The highest BCUT2D eigenvalue weighted by Gasteiger charge is 2.54. The van der Waals surface area contributed by atoms with Crippen LogP contribution in [0.5, 0.6) is 0 Å². The van der Waals surface area contributed by atoms with Crippen LogP contribution >= 0.6 is 0 Å². The summed E-state index contributed by atoms with van der Waals surface area (Å²) in [6.07, 6.45) is 3.20. The van der Waals surface area contributed by atoms with E-state index in [2.05, 4.69) is 51.9 Å². The molecule has 7 heteroatoms. The van der Waals surface area contributed by atoms with Gasteiger partial charge in [0.15, 0.2) is 11.8 Å². The predicted molar refractivity (Wildman–Crippen MR) is 112 cm³/mol. The topological polar surface area (TPSA) is 76.4 Å². The number of nitrogens with zero attached hydrogens (tertiary/aromatic N) is 4. The Morgan fingerprint density at radius 1 is 1.34 bits per heavy atom. The molecule has 29 heavy (non-hydrogen) atoms. The van der Waals surface area contributed by atoms with E-state index >= 15 is 0 Å². The van der Waals surface area contributed by atoms with Crippen molar-refractivity contribution in [3.8, 4) is 0 Å². The van der Waals surface area contributed by atoms with Gasteiger partial charge in [0.25, 0.3) is 0 Å². The van der Waals surface area contributed by atoms with Crippen molar-refractivity contribution in [2.24, 2.45) is 16.8 Å². The highest BCUT2D eigenvalue weighted by molar-refractivity contribution is 5.80. The molecule has 5 rings (SSSR count).